The molecule has 0 amide bonds. The van der Waals surface area contributed by atoms with Crippen molar-refractivity contribution >= 4 is 10.8 Å². The lowest BCUT2D eigenvalue weighted by Gasteiger charge is -2.11. The van der Waals surface area contributed by atoms with Gasteiger partial charge in [0.15, 0.2) is 0 Å². The van der Waals surface area contributed by atoms with Gasteiger partial charge in [0.1, 0.15) is 0 Å². The van der Waals surface area contributed by atoms with Crippen molar-refractivity contribution in [2.24, 2.45) is 0 Å². The molecule has 2 aromatic carbocycles. The largest absolute Gasteiger partial charge is 0.102 e. The summed E-state index contributed by atoms with van der Waals surface area (Å²) in [6, 6.07) is 15.0. The molecule has 0 spiro atoms. The highest BCUT2D eigenvalue weighted by Crippen LogP contribution is 2.27. The molecule has 0 aromatic heterocycles. The lowest BCUT2D eigenvalue weighted by Crippen LogP contribution is -1.92. The average Bonchev–Trinajstić information content (AvgIpc) is 2.43. The maximum Gasteiger partial charge on any atom is 0.0202 e. The number of allylic oxidation sites excluding steroid dienone is 3. The molecular weight excluding hydrogens is 216 g/mol. The molecule has 0 aliphatic carbocycles. The highest BCUT2D eigenvalue weighted by atomic mass is 14.1. The van der Waals surface area contributed by atoms with E-state index in [-0.39, 0.29) is 0 Å². The minimum Gasteiger partial charge on any atom is -0.102 e. The van der Waals surface area contributed by atoms with E-state index in [0.717, 1.165) is 6.42 Å². The highest BCUT2D eigenvalue weighted by molar-refractivity contribution is 5.86. The number of hydrogen-bond donors (Lipinski definition) is 0. The smallest absolute Gasteiger partial charge is 0.0202 e. The first-order chi connectivity index (χ1) is 8.86. The van der Waals surface area contributed by atoms with Crippen molar-refractivity contribution in [3.8, 4) is 0 Å². The van der Waals surface area contributed by atoms with Crippen molar-refractivity contribution < 1.29 is 0 Å². The Balaban J connectivity index is 2.42. The van der Waals surface area contributed by atoms with Gasteiger partial charge in [-0.05, 0) is 22.8 Å². The first-order valence-electron chi connectivity index (χ1n) is 6.63. The molecule has 0 radical (unpaired) electrons. The third kappa shape index (κ3) is 2.70. The number of benzene rings is 2. The third-order valence-corrected chi connectivity index (χ3v) is 3.24. The summed E-state index contributed by atoms with van der Waals surface area (Å²) in [5.74, 6) is 0.308. The van der Waals surface area contributed by atoms with E-state index in [2.05, 4.69) is 68.1 Å². The molecule has 1 atom stereocenters. The summed E-state index contributed by atoms with van der Waals surface area (Å²) in [6.07, 6.45) is 8.87. The first-order valence-corrected chi connectivity index (χ1v) is 6.63. The van der Waals surface area contributed by atoms with E-state index in [9.17, 15) is 0 Å². The zero-order valence-electron chi connectivity index (χ0n) is 11.0. The molecule has 0 nitrogen and oxygen atoms in total. The molecule has 0 heteroatoms. The van der Waals surface area contributed by atoms with Crippen molar-refractivity contribution in [1.82, 2.24) is 0 Å². The van der Waals surface area contributed by atoms with Crippen LogP contribution in [-0.2, 0) is 0 Å². The number of unbranched alkanes of at least 4 members (excludes halogenated alkanes) is 1. The molecule has 92 valence electrons. The fourth-order valence-electron chi connectivity index (χ4n) is 2.26. The predicted molar refractivity (Wildman–Crippen MR) is 80.9 cm³/mol. The predicted octanol–water partition coefficient (Wildman–Crippen LogP) is 5.47. The molecule has 0 saturated heterocycles. The normalized spacial score (nSPS) is 12.9. The Morgan fingerprint density at radius 3 is 2.67 bits per heavy atom. The molecule has 0 heterocycles. The van der Waals surface area contributed by atoms with Gasteiger partial charge in [-0.15, -0.1) is 6.58 Å². The summed E-state index contributed by atoms with van der Waals surface area (Å²) in [5.41, 5.74) is 1.34. The van der Waals surface area contributed by atoms with Crippen molar-refractivity contribution in [3.63, 3.8) is 0 Å². The summed E-state index contributed by atoms with van der Waals surface area (Å²) >= 11 is 0. The molecular formula is C18H20. The van der Waals surface area contributed by atoms with Gasteiger partial charge >= 0.3 is 0 Å². The monoisotopic (exact) mass is 236 g/mol. The Morgan fingerprint density at radius 1 is 1.11 bits per heavy atom. The zero-order valence-corrected chi connectivity index (χ0v) is 11.0. The summed E-state index contributed by atoms with van der Waals surface area (Å²) in [7, 11) is 0. The molecule has 18 heavy (non-hydrogen) atoms. The van der Waals surface area contributed by atoms with Gasteiger partial charge in [-0.3, -0.25) is 0 Å². The van der Waals surface area contributed by atoms with Crippen LogP contribution in [0.25, 0.3) is 10.8 Å². The van der Waals surface area contributed by atoms with Crippen LogP contribution in [-0.4, -0.2) is 0 Å². The highest BCUT2D eigenvalue weighted by Gasteiger charge is 2.07. The van der Waals surface area contributed by atoms with Crippen molar-refractivity contribution in [2.45, 2.75) is 25.7 Å². The Morgan fingerprint density at radius 2 is 1.89 bits per heavy atom. The Hall–Kier alpha value is -1.82. The molecule has 0 saturated carbocycles. The lowest BCUT2D eigenvalue weighted by atomic mass is 9.93. The maximum absolute atomic E-state index is 3.97. The van der Waals surface area contributed by atoms with Crippen LogP contribution in [0.15, 0.2) is 67.3 Å². The van der Waals surface area contributed by atoms with Gasteiger partial charge in [0.05, 0.1) is 0 Å². The van der Waals surface area contributed by atoms with Crippen LogP contribution in [0.5, 0.6) is 0 Å². The number of rotatable bonds is 5. The quantitative estimate of drug-likeness (QED) is 0.604. The fourth-order valence-corrected chi connectivity index (χ4v) is 2.26. The van der Waals surface area contributed by atoms with E-state index in [4.69, 9.17) is 0 Å². The third-order valence-electron chi connectivity index (χ3n) is 3.24. The van der Waals surface area contributed by atoms with Crippen LogP contribution in [0.2, 0.25) is 0 Å². The minimum atomic E-state index is 0.308. The van der Waals surface area contributed by atoms with E-state index < -0.39 is 0 Å². The summed E-state index contributed by atoms with van der Waals surface area (Å²) in [6.45, 7) is 6.17. The minimum absolute atomic E-state index is 0.308. The van der Waals surface area contributed by atoms with Crippen LogP contribution in [0.1, 0.15) is 31.2 Å². The van der Waals surface area contributed by atoms with Crippen LogP contribution < -0.4 is 0 Å². The second-order valence-corrected chi connectivity index (χ2v) is 4.55. The molecule has 0 aliphatic heterocycles. The van der Waals surface area contributed by atoms with E-state index in [1.54, 1.807) is 0 Å². The molecule has 0 bridgehead atoms. The summed E-state index contributed by atoms with van der Waals surface area (Å²) < 4.78 is 0. The topological polar surface area (TPSA) is 0 Å². The first kappa shape index (κ1) is 12.6. The number of fused-ring (bicyclic) bond motifs is 1. The van der Waals surface area contributed by atoms with E-state index in [1.807, 2.05) is 6.08 Å². The Labute approximate surface area is 110 Å². The SMILES string of the molecule is C=CC(/C=C/CCC)c1cccc2ccccc12. The Kier molecular flexibility index (Phi) is 4.35. The van der Waals surface area contributed by atoms with E-state index in [1.165, 1.54) is 22.8 Å². The summed E-state index contributed by atoms with van der Waals surface area (Å²) in [4.78, 5) is 0. The molecule has 2 rings (SSSR count). The van der Waals surface area contributed by atoms with Gasteiger partial charge in [0.25, 0.3) is 0 Å². The van der Waals surface area contributed by atoms with Gasteiger partial charge in [-0.25, -0.2) is 0 Å². The standard InChI is InChI=1S/C18H20/c1-3-5-6-10-15(4-2)17-14-9-12-16-11-7-8-13-18(16)17/h4,6-15H,2-3,5H2,1H3/b10-6+. The van der Waals surface area contributed by atoms with Gasteiger partial charge in [-0.2, -0.15) is 0 Å². The number of hydrogen-bond acceptors (Lipinski definition) is 0. The maximum atomic E-state index is 3.97. The van der Waals surface area contributed by atoms with Crippen LogP contribution in [0.4, 0.5) is 0 Å². The van der Waals surface area contributed by atoms with Gasteiger partial charge in [-0.1, -0.05) is 74.0 Å². The Bertz CT molecular complexity index is 543. The molecule has 2 aromatic rings. The lowest BCUT2D eigenvalue weighted by molar-refractivity contribution is 0.946. The zero-order chi connectivity index (χ0) is 12.8. The second kappa shape index (κ2) is 6.20. The van der Waals surface area contributed by atoms with E-state index >= 15 is 0 Å². The molecule has 1 unspecified atom stereocenters. The van der Waals surface area contributed by atoms with Crippen molar-refractivity contribution in [2.75, 3.05) is 0 Å². The van der Waals surface area contributed by atoms with Crippen molar-refractivity contribution in [1.29, 1.82) is 0 Å². The van der Waals surface area contributed by atoms with Gasteiger partial charge < -0.3 is 0 Å². The molecule has 0 fully saturated rings. The fraction of sp³-hybridized carbons (Fsp3) is 0.222. The molecule has 0 aliphatic rings. The van der Waals surface area contributed by atoms with Crippen LogP contribution in [0, 0.1) is 0 Å². The molecule has 0 N–H and O–H groups in total. The van der Waals surface area contributed by atoms with Crippen LogP contribution in [0.3, 0.4) is 0 Å². The van der Waals surface area contributed by atoms with Crippen LogP contribution >= 0.6 is 0 Å². The second-order valence-electron chi connectivity index (χ2n) is 4.55. The summed E-state index contributed by atoms with van der Waals surface area (Å²) in [5, 5.41) is 2.62. The van der Waals surface area contributed by atoms with Gasteiger partial charge in [0.2, 0.25) is 0 Å². The average molecular weight is 236 g/mol. The van der Waals surface area contributed by atoms with Crippen molar-refractivity contribution in [3.05, 3.63) is 72.8 Å². The van der Waals surface area contributed by atoms with Gasteiger partial charge in [0, 0.05) is 5.92 Å². The van der Waals surface area contributed by atoms with E-state index in [0.29, 0.717) is 5.92 Å².